The van der Waals surface area contributed by atoms with Crippen molar-refractivity contribution in [3.05, 3.63) is 65.7 Å². The van der Waals surface area contributed by atoms with Crippen molar-refractivity contribution in [3.8, 4) is 11.3 Å². The van der Waals surface area contributed by atoms with E-state index in [0.29, 0.717) is 5.56 Å². The molecule has 1 saturated heterocycles. The summed E-state index contributed by atoms with van der Waals surface area (Å²) in [6, 6.07) is 10.0. The number of nitrogens with one attached hydrogen (secondary N) is 1. The van der Waals surface area contributed by atoms with Gasteiger partial charge in [0.15, 0.2) is 0 Å². The van der Waals surface area contributed by atoms with Gasteiger partial charge >= 0.3 is 5.97 Å². The monoisotopic (exact) mass is 395 g/mol. The van der Waals surface area contributed by atoms with Crippen molar-refractivity contribution in [2.45, 2.75) is 6.54 Å². The maximum Gasteiger partial charge on any atom is 0.339 e. The largest absolute Gasteiger partial charge is 0.465 e. The number of esters is 1. The van der Waals surface area contributed by atoms with Crippen molar-refractivity contribution in [2.75, 3.05) is 38.2 Å². The summed E-state index contributed by atoms with van der Waals surface area (Å²) in [7, 11) is 1.36. The molecule has 1 fully saturated rings. The lowest BCUT2D eigenvalue weighted by molar-refractivity contribution is 0.0600. The molecule has 1 aromatic carbocycles. The second-order valence-electron chi connectivity index (χ2n) is 6.94. The van der Waals surface area contributed by atoms with Crippen molar-refractivity contribution < 1.29 is 13.9 Å². The first-order chi connectivity index (χ1) is 14.1. The Morgan fingerprint density at radius 3 is 2.52 bits per heavy atom. The molecule has 3 heterocycles. The number of pyridine rings is 1. The fourth-order valence-electron chi connectivity index (χ4n) is 3.49. The van der Waals surface area contributed by atoms with Gasteiger partial charge in [-0.3, -0.25) is 10.00 Å². The first-order valence-electron chi connectivity index (χ1n) is 9.44. The van der Waals surface area contributed by atoms with Crippen LogP contribution in [0.4, 0.5) is 10.2 Å². The van der Waals surface area contributed by atoms with Gasteiger partial charge in [-0.2, -0.15) is 5.10 Å². The number of methoxy groups -OCH3 is 1. The molecule has 0 atom stereocenters. The summed E-state index contributed by atoms with van der Waals surface area (Å²) in [6.45, 7) is 4.22. The number of anilines is 1. The van der Waals surface area contributed by atoms with Crippen LogP contribution in [-0.2, 0) is 11.3 Å². The molecular weight excluding hydrogens is 373 g/mol. The van der Waals surface area contributed by atoms with E-state index in [1.807, 2.05) is 12.3 Å². The first kappa shape index (κ1) is 19.1. The summed E-state index contributed by atoms with van der Waals surface area (Å²) in [4.78, 5) is 20.5. The van der Waals surface area contributed by atoms with E-state index in [4.69, 9.17) is 4.74 Å². The Morgan fingerprint density at radius 1 is 1.10 bits per heavy atom. The van der Waals surface area contributed by atoms with Crippen molar-refractivity contribution in [3.63, 3.8) is 0 Å². The third-order valence-corrected chi connectivity index (χ3v) is 5.11. The van der Waals surface area contributed by atoms with E-state index in [2.05, 4.69) is 25.0 Å². The van der Waals surface area contributed by atoms with Crippen LogP contribution in [0.25, 0.3) is 11.3 Å². The summed E-state index contributed by atoms with van der Waals surface area (Å²) >= 11 is 0. The molecule has 0 saturated carbocycles. The highest BCUT2D eigenvalue weighted by Crippen LogP contribution is 2.23. The van der Waals surface area contributed by atoms with Gasteiger partial charge in [0.1, 0.15) is 11.6 Å². The highest BCUT2D eigenvalue weighted by molar-refractivity contribution is 5.89. The van der Waals surface area contributed by atoms with Crippen LogP contribution in [0.3, 0.4) is 0 Å². The van der Waals surface area contributed by atoms with Crippen LogP contribution >= 0.6 is 0 Å². The molecule has 0 amide bonds. The molecule has 29 heavy (non-hydrogen) atoms. The zero-order chi connectivity index (χ0) is 20.2. The van der Waals surface area contributed by atoms with Gasteiger partial charge in [-0.15, -0.1) is 0 Å². The number of aromatic amines is 1. The molecule has 1 aliphatic heterocycles. The van der Waals surface area contributed by atoms with Crippen molar-refractivity contribution in [1.29, 1.82) is 0 Å². The molecule has 0 unspecified atom stereocenters. The Morgan fingerprint density at radius 2 is 1.86 bits per heavy atom. The van der Waals surface area contributed by atoms with Gasteiger partial charge in [-0.1, -0.05) is 0 Å². The minimum Gasteiger partial charge on any atom is -0.465 e. The molecule has 1 N–H and O–H groups in total. The SMILES string of the molecule is COC(=O)c1ccc(N2CCN(Cc3cn[nH]c3-c3ccc(F)cc3)CC2)nc1. The number of nitrogens with zero attached hydrogens (tertiary/aromatic N) is 4. The van der Waals surface area contributed by atoms with Gasteiger partial charge in [0.25, 0.3) is 0 Å². The number of benzene rings is 1. The van der Waals surface area contributed by atoms with E-state index in [1.165, 1.54) is 19.2 Å². The Kier molecular flexibility index (Phi) is 5.53. The van der Waals surface area contributed by atoms with Gasteiger partial charge in [0, 0.05) is 50.0 Å². The van der Waals surface area contributed by atoms with Crippen LogP contribution in [0.2, 0.25) is 0 Å². The number of piperazine rings is 1. The maximum absolute atomic E-state index is 13.2. The van der Waals surface area contributed by atoms with Crippen LogP contribution < -0.4 is 4.90 Å². The number of hydrogen-bond donors (Lipinski definition) is 1. The predicted octanol–water partition coefficient (Wildman–Crippen LogP) is 2.72. The molecule has 150 valence electrons. The molecule has 0 bridgehead atoms. The Balaban J connectivity index is 1.37. The molecule has 8 heteroatoms. The average molecular weight is 395 g/mol. The van der Waals surface area contributed by atoms with Gasteiger partial charge in [-0.05, 0) is 36.4 Å². The zero-order valence-corrected chi connectivity index (χ0v) is 16.1. The number of H-pyrrole nitrogens is 1. The fourth-order valence-corrected chi connectivity index (χ4v) is 3.49. The van der Waals surface area contributed by atoms with Gasteiger partial charge in [0.2, 0.25) is 0 Å². The molecule has 3 aromatic rings. The highest BCUT2D eigenvalue weighted by atomic mass is 19.1. The van der Waals surface area contributed by atoms with E-state index in [9.17, 15) is 9.18 Å². The average Bonchev–Trinajstić information content (AvgIpc) is 3.22. The normalized spacial score (nSPS) is 14.8. The van der Waals surface area contributed by atoms with E-state index in [1.54, 1.807) is 24.4 Å². The summed E-state index contributed by atoms with van der Waals surface area (Å²) < 4.78 is 17.9. The van der Waals surface area contributed by atoms with Crippen LogP contribution in [0, 0.1) is 5.82 Å². The molecule has 4 rings (SSSR count). The molecule has 7 nitrogen and oxygen atoms in total. The third kappa shape index (κ3) is 4.27. The van der Waals surface area contributed by atoms with Crippen molar-refractivity contribution >= 4 is 11.8 Å². The maximum atomic E-state index is 13.2. The lowest BCUT2D eigenvalue weighted by Gasteiger charge is -2.35. The number of aromatic nitrogens is 3. The second kappa shape index (κ2) is 8.40. The summed E-state index contributed by atoms with van der Waals surface area (Å²) in [5, 5.41) is 7.20. The molecule has 0 radical (unpaired) electrons. The van der Waals surface area contributed by atoms with Crippen LogP contribution in [0.1, 0.15) is 15.9 Å². The van der Waals surface area contributed by atoms with Crippen LogP contribution in [0.5, 0.6) is 0 Å². The Hall–Kier alpha value is -3.26. The topological polar surface area (TPSA) is 74.3 Å². The van der Waals surface area contributed by atoms with Crippen LogP contribution in [-0.4, -0.2) is 59.3 Å². The Bertz CT molecular complexity index is 963. The zero-order valence-electron chi connectivity index (χ0n) is 16.1. The number of rotatable bonds is 5. The fraction of sp³-hybridized carbons (Fsp3) is 0.286. The smallest absolute Gasteiger partial charge is 0.339 e. The van der Waals surface area contributed by atoms with Gasteiger partial charge < -0.3 is 9.64 Å². The molecule has 2 aromatic heterocycles. The van der Waals surface area contributed by atoms with E-state index in [-0.39, 0.29) is 11.8 Å². The number of halogens is 1. The molecule has 1 aliphatic rings. The highest BCUT2D eigenvalue weighted by Gasteiger charge is 2.20. The predicted molar refractivity (Wildman–Crippen MR) is 107 cm³/mol. The molecule has 0 aliphatic carbocycles. The van der Waals surface area contributed by atoms with Gasteiger partial charge in [0.05, 0.1) is 24.6 Å². The summed E-state index contributed by atoms with van der Waals surface area (Å²) in [6.07, 6.45) is 3.38. The molecular formula is C21H22FN5O2. The molecule has 0 spiro atoms. The van der Waals surface area contributed by atoms with E-state index < -0.39 is 0 Å². The van der Waals surface area contributed by atoms with E-state index in [0.717, 1.165) is 55.4 Å². The lowest BCUT2D eigenvalue weighted by atomic mass is 10.1. The summed E-state index contributed by atoms with van der Waals surface area (Å²) in [5.74, 6) is 0.220. The minimum absolute atomic E-state index is 0.251. The second-order valence-corrected chi connectivity index (χ2v) is 6.94. The number of carbonyl (C=O) groups is 1. The minimum atomic E-state index is -0.383. The van der Waals surface area contributed by atoms with Crippen LogP contribution in [0.15, 0.2) is 48.8 Å². The number of ether oxygens (including phenoxy) is 1. The van der Waals surface area contributed by atoms with Gasteiger partial charge in [-0.25, -0.2) is 14.2 Å². The van der Waals surface area contributed by atoms with E-state index >= 15 is 0 Å². The lowest BCUT2D eigenvalue weighted by Crippen LogP contribution is -2.46. The van der Waals surface area contributed by atoms with Crippen molar-refractivity contribution in [1.82, 2.24) is 20.1 Å². The first-order valence-corrected chi connectivity index (χ1v) is 9.44. The standard InChI is InChI=1S/C21H22FN5O2/c1-29-21(28)16-4-7-19(23-12-16)27-10-8-26(9-11-27)14-17-13-24-25-20(17)15-2-5-18(22)6-3-15/h2-7,12-13H,8-11,14H2,1H3,(H,24,25). The Labute approximate surface area is 168 Å². The third-order valence-electron chi connectivity index (χ3n) is 5.11. The number of carbonyl (C=O) groups excluding carboxylic acids is 1. The summed E-state index contributed by atoms with van der Waals surface area (Å²) in [5.41, 5.74) is 3.38. The quantitative estimate of drug-likeness (QED) is 0.670. The van der Waals surface area contributed by atoms with Crippen molar-refractivity contribution in [2.24, 2.45) is 0 Å². The number of hydrogen-bond acceptors (Lipinski definition) is 6.